The number of carboxylic acid groups (broad SMARTS) is 1. The summed E-state index contributed by atoms with van der Waals surface area (Å²) in [5, 5.41) is 8.85. The van der Waals surface area contributed by atoms with E-state index in [-0.39, 0.29) is 6.04 Å². The highest BCUT2D eigenvalue weighted by Gasteiger charge is 2.34. The van der Waals surface area contributed by atoms with Gasteiger partial charge in [0.15, 0.2) is 0 Å². The van der Waals surface area contributed by atoms with Gasteiger partial charge in [0.05, 0.1) is 18.4 Å². The molecule has 2 atom stereocenters. The quantitative estimate of drug-likeness (QED) is 0.722. The van der Waals surface area contributed by atoms with Crippen LogP contribution in [0.1, 0.15) is 19.8 Å². The molecule has 1 aliphatic rings. The van der Waals surface area contributed by atoms with Crippen LogP contribution in [0.5, 0.6) is 0 Å². The highest BCUT2D eigenvalue weighted by molar-refractivity contribution is 7.86. The smallest absolute Gasteiger partial charge is 0.407 e. The fourth-order valence-corrected chi connectivity index (χ4v) is 2.54. The molecule has 1 heterocycles. The van der Waals surface area contributed by atoms with Crippen LogP contribution in [0.4, 0.5) is 4.79 Å². The van der Waals surface area contributed by atoms with Gasteiger partial charge in [0.25, 0.3) is 10.1 Å². The van der Waals surface area contributed by atoms with Crippen molar-refractivity contribution in [2.24, 2.45) is 0 Å². The van der Waals surface area contributed by atoms with Crippen LogP contribution in [0.3, 0.4) is 0 Å². The molecule has 0 aliphatic carbocycles. The van der Waals surface area contributed by atoms with Crippen LogP contribution in [0.15, 0.2) is 0 Å². The normalized spacial score (nSPS) is 24.1. The van der Waals surface area contributed by atoms with Gasteiger partial charge < -0.3 is 10.0 Å². The second kappa shape index (κ2) is 4.36. The second-order valence-corrected chi connectivity index (χ2v) is 5.29. The Morgan fingerprint density at radius 1 is 1.60 bits per heavy atom. The number of rotatable bonds is 3. The third kappa shape index (κ3) is 3.35. The Kier molecular flexibility index (Phi) is 3.56. The number of carbonyl (C=O) groups is 1. The van der Waals surface area contributed by atoms with Crippen LogP contribution >= 0.6 is 0 Å². The SMILES string of the molecule is CC(OS(C)(=O)=O)C1CCCN1C(=O)O. The van der Waals surface area contributed by atoms with Crippen molar-refractivity contribution in [1.82, 2.24) is 4.90 Å². The largest absolute Gasteiger partial charge is 0.465 e. The van der Waals surface area contributed by atoms with E-state index in [0.29, 0.717) is 13.0 Å². The number of likely N-dealkylation sites (tertiary alicyclic amines) is 1. The molecule has 0 aromatic carbocycles. The number of hydrogen-bond acceptors (Lipinski definition) is 4. The minimum atomic E-state index is -3.53. The Balaban J connectivity index is 2.66. The van der Waals surface area contributed by atoms with Crippen molar-refractivity contribution in [3.05, 3.63) is 0 Å². The van der Waals surface area contributed by atoms with E-state index in [2.05, 4.69) is 0 Å². The van der Waals surface area contributed by atoms with Gasteiger partial charge in [-0.1, -0.05) is 0 Å². The van der Waals surface area contributed by atoms with Crippen molar-refractivity contribution in [3.8, 4) is 0 Å². The fraction of sp³-hybridized carbons (Fsp3) is 0.875. The number of amides is 1. The van der Waals surface area contributed by atoms with Gasteiger partial charge in [0.2, 0.25) is 0 Å². The predicted molar refractivity (Wildman–Crippen MR) is 53.1 cm³/mol. The summed E-state index contributed by atoms with van der Waals surface area (Å²) in [6.07, 6.45) is 0.695. The van der Waals surface area contributed by atoms with Crippen molar-refractivity contribution >= 4 is 16.2 Å². The molecular weight excluding hydrogens is 222 g/mol. The molecule has 2 unspecified atom stereocenters. The minimum Gasteiger partial charge on any atom is -0.465 e. The van der Waals surface area contributed by atoms with Crippen LogP contribution in [0, 0.1) is 0 Å². The third-order valence-electron chi connectivity index (χ3n) is 2.41. The van der Waals surface area contributed by atoms with E-state index in [9.17, 15) is 13.2 Å². The molecule has 15 heavy (non-hydrogen) atoms. The van der Waals surface area contributed by atoms with Gasteiger partial charge in [0.1, 0.15) is 0 Å². The second-order valence-electron chi connectivity index (χ2n) is 3.69. The van der Waals surface area contributed by atoms with Gasteiger partial charge in [-0.15, -0.1) is 0 Å². The van der Waals surface area contributed by atoms with Gasteiger partial charge in [-0.2, -0.15) is 8.42 Å². The van der Waals surface area contributed by atoms with Crippen LogP contribution in [-0.4, -0.2) is 49.5 Å². The van der Waals surface area contributed by atoms with Gasteiger partial charge in [-0.05, 0) is 19.8 Å². The molecule has 1 saturated heterocycles. The standard InChI is InChI=1S/C8H15NO5S/c1-6(14-15(2,12)13)7-4-3-5-9(7)8(10)11/h6-7H,3-5H2,1-2H3,(H,10,11). The first-order valence-electron chi connectivity index (χ1n) is 4.69. The third-order valence-corrected chi connectivity index (χ3v) is 3.07. The van der Waals surface area contributed by atoms with Crippen molar-refractivity contribution in [2.45, 2.75) is 31.9 Å². The lowest BCUT2D eigenvalue weighted by Gasteiger charge is -2.26. The maximum Gasteiger partial charge on any atom is 0.407 e. The molecule has 0 aromatic heterocycles. The first-order chi connectivity index (χ1) is 6.81. The summed E-state index contributed by atoms with van der Waals surface area (Å²) in [6, 6.07) is -0.364. The topological polar surface area (TPSA) is 83.9 Å². The molecule has 1 rings (SSSR count). The van der Waals surface area contributed by atoms with Crippen LogP contribution in [-0.2, 0) is 14.3 Å². The number of nitrogens with zero attached hydrogens (tertiary/aromatic N) is 1. The zero-order valence-electron chi connectivity index (χ0n) is 8.71. The molecule has 6 nitrogen and oxygen atoms in total. The maximum atomic E-state index is 10.9. The molecule has 88 valence electrons. The number of hydrogen-bond donors (Lipinski definition) is 1. The first-order valence-corrected chi connectivity index (χ1v) is 6.51. The molecule has 0 spiro atoms. The molecule has 1 amide bonds. The van der Waals surface area contributed by atoms with Gasteiger partial charge in [-0.3, -0.25) is 4.18 Å². The lowest BCUT2D eigenvalue weighted by molar-refractivity contribution is 0.0942. The van der Waals surface area contributed by atoms with E-state index in [4.69, 9.17) is 9.29 Å². The first kappa shape index (κ1) is 12.3. The van der Waals surface area contributed by atoms with Gasteiger partial charge >= 0.3 is 6.09 Å². The monoisotopic (exact) mass is 237 g/mol. The minimum absolute atomic E-state index is 0.364. The fourth-order valence-electron chi connectivity index (χ4n) is 1.86. The summed E-state index contributed by atoms with van der Waals surface area (Å²) < 4.78 is 26.5. The molecule has 0 aromatic rings. The zero-order valence-corrected chi connectivity index (χ0v) is 9.53. The van der Waals surface area contributed by atoms with E-state index in [0.717, 1.165) is 12.7 Å². The average molecular weight is 237 g/mol. The van der Waals surface area contributed by atoms with E-state index < -0.39 is 22.3 Å². The molecule has 7 heteroatoms. The molecule has 1 N–H and O–H groups in total. The van der Waals surface area contributed by atoms with Crippen molar-refractivity contribution in [3.63, 3.8) is 0 Å². The average Bonchev–Trinajstić information content (AvgIpc) is 2.47. The highest BCUT2D eigenvalue weighted by Crippen LogP contribution is 2.22. The molecule has 1 fully saturated rings. The lowest BCUT2D eigenvalue weighted by Crippen LogP contribution is -2.42. The van der Waals surface area contributed by atoms with Gasteiger partial charge in [0, 0.05) is 6.54 Å². The molecule has 0 saturated carbocycles. The Morgan fingerprint density at radius 3 is 2.67 bits per heavy atom. The molecule has 1 aliphatic heterocycles. The van der Waals surface area contributed by atoms with E-state index in [1.807, 2.05) is 0 Å². The van der Waals surface area contributed by atoms with Crippen LogP contribution in [0.25, 0.3) is 0 Å². The van der Waals surface area contributed by atoms with E-state index in [1.165, 1.54) is 4.90 Å². The van der Waals surface area contributed by atoms with E-state index in [1.54, 1.807) is 6.92 Å². The maximum absolute atomic E-state index is 10.9. The van der Waals surface area contributed by atoms with Crippen LogP contribution < -0.4 is 0 Å². The Morgan fingerprint density at radius 2 is 2.20 bits per heavy atom. The summed E-state index contributed by atoms with van der Waals surface area (Å²) in [7, 11) is -3.53. The predicted octanol–water partition coefficient (Wildman–Crippen LogP) is 0.494. The van der Waals surface area contributed by atoms with E-state index >= 15 is 0 Å². The van der Waals surface area contributed by atoms with Crippen LogP contribution in [0.2, 0.25) is 0 Å². The van der Waals surface area contributed by atoms with Crippen molar-refractivity contribution in [1.29, 1.82) is 0 Å². The Hall–Kier alpha value is -0.820. The summed E-state index contributed by atoms with van der Waals surface area (Å²) in [5.41, 5.74) is 0. The Bertz CT molecular complexity index is 339. The lowest BCUT2D eigenvalue weighted by atomic mass is 10.1. The van der Waals surface area contributed by atoms with Crippen molar-refractivity contribution in [2.75, 3.05) is 12.8 Å². The summed E-state index contributed by atoms with van der Waals surface area (Å²) in [6.45, 7) is 2.02. The molecule has 0 bridgehead atoms. The summed E-state index contributed by atoms with van der Waals surface area (Å²) >= 11 is 0. The summed E-state index contributed by atoms with van der Waals surface area (Å²) in [4.78, 5) is 12.0. The van der Waals surface area contributed by atoms with Gasteiger partial charge in [-0.25, -0.2) is 4.79 Å². The summed E-state index contributed by atoms with van der Waals surface area (Å²) in [5.74, 6) is 0. The Labute approximate surface area is 89.0 Å². The zero-order chi connectivity index (χ0) is 11.6. The van der Waals surface area contributed by atoms with Crippen molar-refractivity contribution < 1.29 is 22.5 Å². The highest BCUT2D eigenvalue weighted by atomic mass is 32.2. The molecule has 0 radical (unpaired) electrons. The molecular formula is C8H15NO5S.